The highest BCUT2D eigenvalue weighted by Gasteiger charge is 2.29. The van der Waals surface area contributed by atoms with Crippen LogP contribution in [0.25, 0.3) is 0 Å². The van der Waals surface area contributed by atoms with Crippen LogP contribution in [0.4, 0.5) is 0 Å². The number of aryl methyl sites for hydroxylation is 1. The second-order valence-electron chi connectivity index (χ2n) is 6.47. The first-order chi connectivity index (χ1) is 12.1. The van der Waals surface area contributed by atoms with Crippen molar-refractivity contribution in [3.63, 3.8) is 0 Å². The van der Waals surface area contributed by atoms with E-state index in [0.29, 0.717) is 32.7 Å². The van der Waals surface area contributed by atoms with Gasteiger partial charge in [-0.1, -0.05) is 12.1 Å². The monoisotopic (exact) mass is 349 g/mol. The molecule has 2 rings (SSSR count). The number of rotatable bonds is 9. The zero-order valence-electron chi connectivity index (χ0n) is 14.7. The fraction of sp³-hybridized carbons (Fsp3) is 0.579. The van der Waals surface area contributed by atoms with Crippen LogP contribution in [-0.4, -0.2) is 43.3 Å². The molecule has 1 atom stereocenters. The van der Waals surface area contributed by atoms with Gasteiger partial charge in [-0.05, 0) is 49.8 Å². The molecule has 6 nitrogen and oxygen atoms in total. The van der Waals surface area contributed by atoms with Crippen LogP contribution in [0.5, 0.6) is 5.75 Å². The summed E-state index contributed by atoms with van der Waals surface area (Å²) < 4.78 is 10.9. The van der Waals surface area contributed by atoms with E-state index in [2.05, 4.69) is 5.32 Å². The Morgan fingerprint density at radius 3 is 2.80 bits per heavy atom. The Balaban J connectivity index is 1.66. The van der Waals surface area contributed by atoms with Gasteiger partial charge in [-0.15, -0.1) is 0 Å². The quantitative estimate of drug-likeness (QED) is 0.669. The van der Waals surface area contributed by atoms with Gasteiger partial charge in [-0.25, -0.2) is 0 Å². The van der Waals surface area contributed by atoms with Gasteiger partial charge in [0.1, 0.15) is 5.75 Å². The highest BCUT2D eigenvalue weighted by molar-refractivity contribution is 5.77. The Morgan fingerprint density at radius 1 is 1.36 bits per heavy atom. The molecule has 1 heterocycles. The molecule has 0 radical (unpaired) electrons. The zero-order valence-corrected chi connectivity index (χ0v) is 14.7. The molecule has 0 aliphatic carbocycles. The van der Waals surface area contributed by atoms with Crippen LogP contribution in [0.2, 0.25) is 0 Å². The van der Waals surface area contributed by atoms with Crippen molar-refractivity contribution in [3.8, 4) is 5.75 Å². The van der Waals surface area contributed by atoms with Gasteiger partial charge >= 0.3 is 5.97 Å². The smallest absolute Gasteiger partial charge is 0.308 e. The summed E-state index contributed by atoms with van der Waals surface area (Å²) in [5.74, 6) is -0.667. The molecular formula is C19H27NO5. The van der Waals surface area contributed by atoms with E-state index in [1.165, 1.54) is 0 Å². The van der Waals surface area contributed by atoms with Gasteiger partial charge in [0.05, 0.1) is 12.5 Å². The highest BCUT2D eigenvalue weighted by Crippen LogP contribution is 2.23. The average molecular weight is 349 g/mol. The third-order valence-corrected chi connectivity index (χ3v) is 4.48. The summed E-state index contributed by atoms with van der Waals surface area (Å²) in [5, 5.41) is 12.1. The van der Waals surface area contributed by atoms with Gasteiger partial charge in [-0.3, -0.25) is 9.59 Å². The number of carboxylic acid groups (broad SMARTS) is 1. The van der Waals surface area contributed by atoms with Crippen molar-refractivity contribution in [3.05, 3.63) is 29.8 Å². The number of hydrogen-bond donors (Lipinski definition) is 2. The zero-order chi connectivity index (χ0) is 18.1. The molecular weight excluding hydrogens is 322 g/mol. The average Bonchev–Trinajstić information content (AvgIpc) is 2.60. The molecule has 1 saturated heterocycles. The molecule has 25 heavy (non-hydrogen) atoms. The molecule has 6 heteroatoms. The third-order valence-electron chi connectivity index (χ3n) is 4.48. The largest absolute Gasteiger partial charge is 0.494 e. The number of amides is 1. The number of ether oxygens (including phenoxy) is 2. The minimum atomic E-state index is -0.852. The summed E-state index contributed by atoms with van der Waals surface area (Å²) in [6.45, 7) is 3.83. The number of carboxylic acids is 1. The molecule has 1 aromatic rings. The van der Waals surface area contributed by atoms with Crippen molar-refractivity contribution in [1.29, 1.82) is 0 Å². The highest BCUT2D eigenvalue weighted by atomic mass is 16.5. The fourth-order valence-electron chi connectivity index (χ4n) is 3.01. The van der Waals surface area contributed by atoms with E-state index in [-0.39, 0.29) is 18.4 Å². The SMILES string of the molecule is Cc1cccc(OCCCC(=O)NCC(C(=O)O)C2CCOCC2)c1. The van der Waals surface area contributed by atoms with E-state index in [4.69, 9.17) is 9.47 Å². The molecule has 138 valence electrons. The van der Waals surface area contributed by atoms with E-state index in [9.17, 15) is 14.7 Å². The lowest BCUT2D eigenvalue weighted by atomic mass is 9.86. The summed E-state index contributed by atoms with van der Waals surface area (Å²) in [4.78, 5) is 23.4. The Labute approximate surface area is 148 Å². The third kappa shape index (κ3) is 6.74. The van der Waals surface area contributed by atoms with Crippen molar-refractivity contribution < 1.29 is 24.2 Å². The van der Waals surface area contributed by atoms with Gasteiger partial charge in [0.2, 0.25) is 5.91 Å². The normalized spacial score (nSPS) is 16.2. The molecule has 0 saturated carbocycles. The lowest BCUT2D eigenvalue weighted by Crippen LogP contribution is -2.39. The van der Waals surface area contributed by atoms with E-state index in [0.717, 1.165) is 24.2 Å². The summed E-state index contributed by atoms with van der Waals surface area (Å²) >= 11 is 0. The minimum Gasteiger partial charge on any atom is -0.494 e. The molecule has 1 fully saturated rings. The summed E-state index contributed by atoms with van der Waals surface area (Å²) in [7, 11) is 0. The first-order valence-corrected chi connectivity index (χ1v) is 8.83. The van der Waals surface area contributed by atoms with Gasteiger partial charge in [0.25, 0.3) is 0 Å². The summed E-state index contributed by atoms with van der Waals surface area (Å²) in [6.07, 6.45) is 2.38. The van der Waals surface area contributed by atoms with Crippen LogP contribution in [0.1, 0.15) is 31.2 Å². The van der Waals surface area contributed by atoms with Crippen LogP contribution in [-0.2, 0) is 14.3 Å². The van der Waals surface area contributed by atoms with Crippen molar-refractivity contribution in [1.82, 2.24) is 5.32 Å². The summed E-state index contributed by atoms with van der Waals surface area (Å²) in [6, 6.07) is 7.77. The van der Waals surface area contributed by atoms with Gasteiger partial charge in [0.15, 0.2) is 0 Å². The molecule has 1 aliphatic rings. The topological polar surface area (TPSA) is 84.9 Å². The van der Waals surface area contributed by atoms with E-state index in [1.54, 1.807) is 0 Å². The number of benzene rings is 1. The van der Waals surface area contributed by atoms with Gasteiger partial charge < -0.3 is 19.9 Å². The van der Waals surface area contributed by atoms with Crippen LogP contribution < -0.4 is 10.1 Å². The number of aliphatic carboxylic acids is 1. The first-order valence-electron chi connectivity index (χ1n) is 8.83. The number of carbonyl (C=O) groups is 2. The van der Waals surface area contributed by atoms with E-state index < -0.39 is 11.9 Å². The van der Waals surface area contributed by atoms with Crippen LogP contribution in [0.3, 0.4) is 0 Å². The van der Waals surface area contributed by atoms with Crippen LogP contribution >= 0.6 is 0 Å². The molecule has 1 aliphatic heterocycles. The predicted octanol–water partition coefficient (Wildman–Crippen LogP) is 2.40. The fourth-order valence-corrected chi connectivity index (χ4v) is 3.01. The number of carbonyl (C=O) groups excluding carboxylic acids is 1. The minimum absolute atomic E-state index is 0.0659. The lowest BCUT2D eigenvalue weighted by Gasteiger charge is -2.27. The van der Waals surface area contributed by atoms with Crippen molar-refractivity contribution in [2.45, 2.75) is 32.6 Å². The molecule has 0 aromatic heterocycles. The Bertz CT molecular complexity index is 569. The van der Waals surface area contributed by atoms with Crippen molar-refractivity contribution in [2.75, 3.05) is 26.4 Å². The predicted molar refractivity (Wildman–Crippen MR) is 93.6 cm³/mol. The molecule has 1 aromatic carbocycles. The molecule has 0 spiro atoms. The van der Waals surface area contributed by atoms with E-state index >= 15 is 0 Å². The number of nitrogens with one attached hydrogen (secondary N) is 1. The molecule has 1 amide bonds. The van der Waals surface area contributed by atoms with E-state index in [1.807, 2.05) is 31.2 Å². The maximum Gasteiger partial charge on any atom is 0.308 e. The Hall–Kier alpha value is -2.08. The lowest BCUT2D eigenvalue weighted by molar-refractivity contribution is -0.145. The second-order valence-corrected chi connectivity index (χ2v) is 6.47. The van der Waals surface area contributed by atoms with Gasteiger partial charge in [0, 0.05) is 26.2 Å². The van der Waals surface area contributed by atoms with Crippen LogP contribution in [0.15, 0.2) is 24.3 Å². The van der Waals surface area contributed by atoms with Gasteiger partial charge in [-0.2, -0.15) is 0 Å². The standard InChI is InChI=1S/C19H27NO5/c1-14-4-2-5-16(12-14)25-9-3-6-18(21)20-13-17(19(22)23)15-7-10-24-11-8-15/h2,4-5,12,15,17H,3,6-11,13H2,1H3,(H,20,21)(H,22,23). The molecule has 0 bridgehead atoms. The Morgan fingerprint density at radius 2 is 2.12 bits per heavy atom. The molecule has 2 N–H and O–H groups in total. The van der Waals surface area contributed by atoms with Crippen molar-refractivity contribution in [2.24, 2.45) is 11.8 Å². The maximum atomic E-state index is 11.9. The summed E-state index contributed by atoms with van der Waals surface area (Å²) in [5.41, 5.74) is 1.13. The maximum absolute atomic E-state index is 11.9. The molecule has 1 unspecified atom stereocenters. The Kier molecular flexibility index (Phi) is 7.73. The van der Waals surface area contributed by atoms with Crippen molar-refractivity contribution >= 4 is 11.9 Å². The van der Waals surface area contributed by atoms with Crippen LogP contribution in [0, 0.1) is 18.8 Å². The number of hydrogen-bond acceptors (Lipinski definition) is 4. The first kappa shape index (κ1) is 19.2. The second kappa shape index (κ2) is 10.0.